The van der Waals surface area contributed by atoms with Crippen molar-refractivity contribution in [2.45, 2.75) is 27.3 Å². The van der Waals surface area contributed by atoms with Gasteiger partial charge in [0.05, 0.1) is 6.61 Å². The second kappa shape index (κ2) is 5.39. The van der Waals surface area contributed by atoms with Gasteiger partial charge in [-0.05, 0) is 32.9 Å². The van der Waals surface area contributed by atoms with Gasteiger partial charge in [-0.3, -0.25) is 0 Å². The van der Waals surface area contributed by atoms with Gasteiger partial charge in [-0.1, -0.05) is 11.6 Å². The quantitative estimate of drug-likeness (QED) is 0.561. The first-order valence-corrected chi connectivity index (χ1v) is 5.10. The first-order valence-electron chi connectivity index (χ1n) is 5.10. The first kappa shape index (κ1) is 11.6. The fourth-order valence-corrected chi connectivity index (χ4v) is 1.24. The summed E-state index contributed by atoms with van der Waals surface area (Å²) in [7, 11) is 0. The van der Waals surface area contributed by atoms with Crippen molar-refractivity contribution in [1.82, 2.24) is 4.57 Å². The number of carbonyl (C=O) groups is 1. The molecule has 1 aromatic heterocycles. The summed E-state index contributed by atoms with van der Waals surface area (Å²) in [5, 5.41) is 0. The largest absolute Gasteiger partial charge is 0.461 e. The molecule has 3 heteroatoms. The van der Waals surface area contributed by atoms with Crippen molar-refractivity contribution in [2.75, 3.05) is 6.61 Å². The number of hydrogen-bond donors (Lipinski definition) is 0. The average Bonchev–Trinajstić information content (AvgIpc) is 2.62. The Morgan fingerprint density at radius 3 is 2.87 bits per heavy atom. The molecular weight excluding hydrogens is 190 g/mol. The van der Waals surface area contributed by atoms with Gasteiger partial charge in [0.2, 0.25) is 0 Å². The Labute approximate surface area is 90.4 Å². The van der Waals surface area contributed by atoms with E-state index in [9.17, 15) is 4.79 Å². The normalized spacial score (nSPS) is 9.80. The molecule has 1 rings (SSSR count). The molecule has 0 radical (unpaired) electrons. The van der Waals surface area contributed by atoms with Crippen LogP contribution in [0.5, 0.6) is 0 Å². The van der Waals surface area contributed by atoms with E-state index < -0.39 is 0 Å². The van der Waals surface area contributed by atoms with Crippen LogP contribution in [0.2, 0.25) is 0 Å². The van der Waals surface area contributed by atoms with Gasteiger partial charge in [-0.15, -0.1) is 0 Å². The van der Waals surface area contributed by atoms with E-state index >= 15 is 0 Å². The summed E-state index contributed by atoms with van der Waals surface area (Å²) in [5.41, 5.74) is 1.84. The molecule has 82 valence electrons. The summed E-state index contributed by atoms with van der Waals surface area (Å²) >= 11 is 0. The maximum Gasteiger partial charge on any atom is 0.354 e. The maximum absolute atomic E-state index is 11.5. The van der Waals surface area contributed by atoms with E-state index in [0.29, 0.717) is 18.8 Å². The van der Waals surface area contributed by atoms with E-state index in [0.717, 1.165) is 0 Å². The lowest BCUT2D eigenvalue weighted by molar-refractivity contribution is 0.0514. The van der Waals surface area contributed by atoms with Crippen molar-refractivity contribution in [2.24, 2.45) is 0 Å². The molecule has 0 aliphatic rings. The fourth-order valence-electron chi connectivity index (χ4n) is 1.24. The fraction of sp³-hybridized carbons (Fsp3) is 0.417. The Morgan fingerprint density at radius 2 is 2.27 bits per heavy atom. The molecule has 1 aromatic rings. The molecule has 1 heterocycles. The van der Waals surface area contributed by atoms with Crippen LogP contribution in [-0.4, -0.2) is 17.1 Å². The zero-order chi connectivity index (χ0) is 11.3. The number of allylic oxidation sites excluding steroid dienone is 2. The highest BCUT2D eigenvalue weighted by atomic mass is 16.5. The van der Waals surface area contributed by atoms with Gasteiger partial charge < -0.3 is 9.30 Å². The molecule has 0 aliphatic carbocycles. The standard InChI is InChI=1S/C12H17NO2/c1-4-15-12(14)11-6-5-8-13(11)9-7-10(2)3/h5-8H,4,9H2,1-3H3. The lowest BCUT2D eigenvalue weighted by Crippen LogP contribution is -2.11. The van der Waals surface area contributed by atoms with Gasteiger partial charge in [-0.2, -0.15) is 0 Å². The van der Waals surface area contributed by atoms with Crippen LogP contribution in [-0.2, 0) is 11.3 Å². The summed E-state index contributed by atoms with van der Waals surface area (Å²) in [6.07, 6.45) is 3.95. The molecule has 0 N–H and O–H groups in total. The van der Waals surface area contributed by atoms with Gasteiger partial charge in [0.1, 0.15) is 5.69 Å². The van der Waals surface area contributed by atoms with Gasteiger partial charge in [0.15, 0.2) is 0 Å². The van der Waals surface area contributed by atoms with Gasteiger partial charge in [0, 0.05) is 12.7 Å². The monoisotopic (exact) mass is 207 g/mol. The molecule has 0 amide bonds. The highest BCUT2D eigenvalue weighted by Crippen LogP contribution is 2.05. The maximum atomic E-state index is 11.5. The third-order valence-electron chi connectivity index (χ3n) is 2.01. The van der Waals surface area contributed by atoms with E-state index in [2.05, 4.69) is 6.08 Å². The van der Waals surface area contributed by atoms with E-state index in [4.69, 9.17) is 4.74 Å². The lowest BCUT2D eigenvalue weighted by Gasteiger charge is -2.06. The molecule has 0 fully saturated rings. The zero-order valence-electron chi connectivity index (χ0n) is 9.49. The highest BCUT2D eigenvalue weighted by Gasteiger charge is 2.10. The van der Waals surface area contributed by atoms with Gasteiger partial charge in [0.25, 0.3) is 0 Å². The Balaban J connectivity index is 2.77. The first-order chi connectivity index (χ1) is 7.15. The number of carbonyl (C=O) groups excluding carboxylic acids is 1. The van der Waals surface area contributed by atoms with Crippen LogP contribution in [0, 0.1) is 0 Å². The number of nitrogens with zero attached hydrogens (tertiary/aromatic N) is 1. The van der Waals surface area contributed by atoms with Crippen LogP contribution in [0.4, 0.5) is 0 Å². The van der Waals surface area contributed by atoms with E-state index in [-0.39, 0.29) is 5.97 Å². The molecule has 0 aliphatic heterocycles. The molecular formula is C12H17NO2. The Morgan fingerprint density at radius 1 is 1.53 bits per heavy atom. The second-order valence-electron chi connectivity index (χ2n) is 3.55. The van der Waals surface area contributed by atoms with Crippen LogP contribution >= 0.6 is 0 Å². The molecule has 0 atom stereocenters. The molecule has 15 heavy (non-hydrogen) atoms. The van der Waals surface area contributed by atoms with Crippen LogP contribution < -0.4 is 0 Å². The van der Waals surface area contributed by atoms with Crippen molar-refractivity contribution in [1.29, 1.82) is 0 Å². The van der Waals surface area contributed by atoms with E-state index in [1.807, 2.05) is 30.7 Å². The number of ether oxygens (including phenoxy) is 1. The molecule has 0 saturated carbocycles. The molecule has 0 saturated heterocycles. The molecule has 0 bridgehead atoms. The topological polar surface area (TPSA) is 31.2 Å². The van der Waals surface area contributed by atoms with Gasteiger partial charge >= 0.3 is 5.97 Å². The number of aromatic nitrogens is 1. The Bertz CT molecular complexity index is 359. The predicted molar refractivity (Wildman–Crippen MR) is 59.8 cm³/mol. The van der Waals surface area contributed by atoms with Crippen LogP contribution in [0.25, 0.3) is 0 Å². The average molecular weight is 207 g/mol. The lowest BCUT2D eigenvalue weighted by atomic mass is 10.3. The number of hydrogen-bond acceptors (Lipinski definition) is 2. The third-order valence-corrected chi connectivity index (χ3v) is 2.01. The summed E-state index contributed by atoms with van der Waals surface area (Å²) in [6, 6.07) is 3.63. The highest BCUT2D eigenvalue weighted by molar-refractivity contribution is 5.87. The third kappa shape index (κ3) is 3.27. The Hall–Kier alpha value is -1.51. The number of rotatable bonds is 4. The molecule has 0 aromatic carbocycles. The van der Waals surface area contributed by atoms with Crippen LogP contribution in [0.3, 0.4) is 0 Å². The number of esters is 1. The summed E-state index contributed by atoms with van der Waals surface area (Å²) < 4.78 is 6.83. The van der Waals surface area contributed by atoms with Crippen molar-refractivity contribution < 1.29 is 9.53 Å². The predicted octanol–water partition coefficient (Wildman–Crippen LogP) is 2.63. The van der Waals surface area contributed by atoms with E-state index in [1.165, 1.54) is 5.57 Å². The van der Waals surface area contributed by atoms with Gasteiger partial charge in [-0.25, -0.2) is 4.79 Å². The molecule has 0 spiro atoms. The summed E-state index contributed by atoms with van der Waals surface area (Å²) in [6.45, 7) is 7.00. The van der Waals surface area contributed by atoms with Crippen molar-refractivity contribution >= 4 is 5.97 Å². The smallest absolute Gasteiger partial charge is 0.354 e. The van der Waals surface area contributed by atoms with Crippen LogP contribution in [0.1, 0.15) is 31.3 Å². The SMILES string of the molecule is CCOC(=O)c1cccn1CC=C(C)C. The summed E-state index contributed by atoms with van der Waals surface area (Å²) in [4.78, 5) is 11.5. The minimum Gasteiger partial charge on any atom is -0.461 e. The molecule has 3 nitrogen and oxygen atoms in total. The van der Waals surface area contributed by atoms with Crippen molar-refractivity contribution in [3.63, 3.8) is 0 Å². The second-order valence-corrected chi connectivity index (χ2v) is 3.55. The van der Waals surface area contributed by atoms with E-state index in [1.54, 1.807) is 13.0 Å². The van der Waals surface area contributed by atoms with Crippen molar-refractivity contribution in [3.8, 4) is 0 Å². The van der Waals surface area contributed by atoms with Crippen LogP contribution in [0.15, 0.2) is 30.0 Å². The minimum atomic E-state index is -0.260. The van der Waals surface area contributed by atoms with Crippen molar-refractivity contribution in [3.05, 3.63) is 35.7 Å². The molecule has 0 unspecified atom stereocenters. The minimum absolute atomic E-state index is 0.260. The zero-order valence-corrected chi connectivity index (χ0v) is 9.49. The summed E-state index contributed by atoms with van der Waals surface area (Å²) in [5.74, 6) is -0.260. The Kier molecular flexibility index (Phi) is 4.16.